The van der Waals surface area contributed by atoms with Gasteiger partial charge in [0, 0.05) is 10.4 Å². The summed E-state index contributed by atoms with van der Waals surface area (Å²) >= 11 is 3.35. The van der Waals surface area contributed by atoms with E-state index in [0.29, 0.717) is 6.42 Å². The molecule has 0 aliphatic carbocycles. The lowest BCUT2D eigenvalue weighted by atomic mass is 10.0. The van der Waals surface area contributed by atoms with Crippen LogP contribution >= 0.6 is 15.9 Å². The van der Waals surface area contributed by atoms with Gasteiger partial charge in [-0.05, 0) is 36.2 Å². The zero-order valence-corrected chi connectivity index (χ0v) is 12.0. The first-order chi connectivity index (χ1) is 9.11. The fourth-order valence-electron chi connectivity index (χ4n) is 1.92. The minimum atomic E-state index is -0.537. The van der Waals surface area contributed by atoms with E-state index < -0.39 is 16.5 Å². The monoisotopic (exact) mass is 326 g/mol. The van der Waals surface area contributed by atoms with E-state index in [0.717, 1.165) is 11.3 Å². The molecule has 0 bridgehead atoms. The Morgan fingerprint density at radius 1 is 1.11 bits per heavy atom. The normalized spacial score (nSPS) is 12.2. The Hall–Kier alpha value is -1.42. The third kappa shape index (κ3) is 3.32. The summed E-state index contributed by atoms with van der Waals surface area (Å²) in [4.78, 5) is -0.416. The van der Waals surface area contributed by atoms with Gasteiger partial charge in [-0.15, -0.1) is 0 Å². The van der Waals surface area contributed by atoms with Crippen molar-refractivity contribution in [1.29, 1.82) is 0 Å². The molecule has 2 aromatic rings. The topological polar surface area (TPSA) is 9.23 Å². The summed E-state index contributed by atoms with van der Waals surface area (Å²) in [7, 11) is 1.58. The molecule has 100 valence electrons. The van der Waals surface area contributed by atoms with Gasteiger partial charge in [0.25, 0.3) is 0 Å². The number of alkyl halides is 1. The number of rotatable bonds is 4. The average Bonchev–Trinajstić information content (AvgIpc) is 2.38. The van der Waals surface area contributed by atoms with Gasteiger partial charge in [0.1, 0.15) is 17.4 Å². The molecule has 0 heterocycles. The molecule has 2 aromatic carbocycles. The highest BCUT2D eigenvalue weighted by molar-refractivity contribution is 9.09. The minimum absolute atomic E-state index is 0.0605. The standard InChI is InChI=1S/C15H13BrF2O/c1-19-11-5-2-4-10(8-11)9-12(16)15-13(17)6-3-7-14(15)18/h2-8,12H,9H2,1H3. The Balaban J connectivity index is 2.23. The van der Waals surface area contributed by atoms with Crippen molar-refractivity contribution >= 4 is 15.9 Å². The minimum Gasteiger partial charge on any atom is -0.497 e. The van der Waals surface area contributed by atoms with Crippen LogP contribution in [-0.4, -0.2) is 7.11 Å². The molecule has 1 unspecified atom stereocenters. The van der Waals surface area contributed by atoms with Crippen LogP contribution in [0.4, 0.5) is 8.78 Å². The van der Waals surface area contributed by atoms with Crippen LogP contribution in [0, 0.1) is 11.6 Å². The SMILES string of the molecule is COc1cccc(CC(Br)c2c(F)cccc2F)c1. The Morgan fingerprint density at radius 3 is 2.37 bits per heavy atom. The van der Waals surface area contributed by atoms with Gasteiger partial charge in [0.05, 0.1) is 7.11 Å². The van der Waals surface area contributed by atoms with E-state index in [1.165, 1.54) is 18.2 Å². The van der Waals surface area contributed by atoms with Gasteiger partial charge in [0.15, 0.2) is 0 Å². The van der Waals surface area contributed by atoms with Crippen LogP contribution < -0.4 is 4.74 Å². The van der Waals surface area contributed by atoms with E-state index in [2.05, 4.69) is 15.9 Å². The number of halogens is 3. The maximum absolute atomic E-state index is 13.7. The molecule has 0 radical (unpaired) electrons. The fourth-order valence-corrected chi connectivity index (χ4v) is 2.73. The Labute approximate surface area is 119 Å². The first-order valence-electron chi connectivity index (χ1n) is 5.82. The van der Waals surface area contributed by atoms with Gasteiger partial charge in [0.2, 0.25) is 0 Å². The molecule has 0 spiro atoms. The molecule has 4 heteroatoms. The molecule has 0 amide bonds. The number of benzene rings is 2. The summed E-state index contributed by atoms with van der Waals surface area (Å²) in [6.07, 6.45) is 0.481. The molecular weight excluding hydrogens is 314 g/mol. The summed E-state index contributed by atoms with van der Waals surface area (Å²) in [5, 5.41) is 0. The van der Waals surface area contributed by atoms with Crippen molar-refractivity contribution in [2.75, 3.05) is 7.11 Å². The van der Waals surface area contributed by atoms with Crippen LogP contribution in [0.1, 0.15) is 16.0 Å². The van der Waals surface area contributed by atoms with Crippen LogP contribution in [0.3, 0.4) is 0 Å². The zero-order chi connectivity index (χ0) is 13.8. The van der Waals surface area contributed by atoms with E-state index in [4.69, 9.17) is 4.74 Å². The molecule has 2 rings (SSSR count). The predicted octanol–water partition coefficient (Wildman–Crippen LogP) is 4.65. The van der Waals surface area contributed by atoms with Crippen molar-refractivity contribution in [3.63, 3.8) is 0 Å². The number of hydrogen-bond donors (Lipinski definition) is 0. The maximum Gasteiger partial charge on any atom is 0.130 e. The van der Waals surface area contributed by atoms with E-state index in [9.17, 15) is 8.78 Å². The van der Waals surface area contributed by atoms with Crippen molar-refractivity contribution in [3.8, 4) is 5.75 Å². The second kappa shape index (κ2) is 6.15. The molecule has 0 aliphatic rings. The summed E-state index contributed by atoms with van der Waals surface area (Å²) in [6.45, 7) is 0. The van der Waals surface area contributed by atoms with Gasteiger partial charge in [-0.25, -0.2) is 8.78 Å². The Bertz CT molecular complexity index is 552. The highest BCUT2D eigenvalue weighted by Crippen LogP contribution is 2.31. The molecule has 0 fully saturated rings. The van der Waals surface area contributed by atoms with Crippen LogP contribution in [0.5, 0.6) is 5.75 Å². The zero-order valence-electron chi connectivity index (χ0n) is 10.4. The highest BCUT2D eigenvalue weighted by Gasteiger charge is 2.17. The van der Waals surface area contributed by atoms with Crippen molar-refractivity contribution in [2.24, 2.45) is 0 Å². The number of ether oxygens (including phenoxy) is 1. The lowest BCUT2D eigenvalue weighted by Crippen LogP contribution is -2.02. The summed E-state index contributed by atoms with van der Waals surface area (Å²) < 4.78 is 32.4. The average molecular weight is 327 g/mol. The smallest absolute Gasteiger partial charge is 0.130 e. The molecule has 0 N–H and O–H groups in total. The van der Waals surface area contributed by atoms with Gasteiger partial charge in [-0.3, -0.25) is 0 Å². The fraction of sp³-hybridized carbons (Fsp3) is 0.200. The molecule has 1 atom stereocenters. The van der Waals surface area contributed by atoms with Gasteiger partial charge in [-0.2, -0.15) is 0 Å². The van der Waals surface area contributed by atoms with Crippen LogP contribution in [0.15, 0.2) is 42.5 Å². The Morgan fingerprint density at radius 2 is 1.74 bits per heavy atom. The van der Waals surface area contributed by atoms with E-state index in [1.54, 1.807) is 7.11 Å². The quantitative estimate of drug-likeness (QED) is 0.743. The van der Waals surface area contributed by atoms with Crippen molar-refractivity contribution < 1.29 is 13.5 Å². The molecule has 0 aromatic heterocycles. The van der Waals surface area contributed by atoms with Gasteiger partial charge >= 0.3 is 0 Å². The first-order valence-corrected chi connectivity index (χ1v) is 6.74. The Kier molecular flexibility index (Phi) is 4.53. The second-order valence-corrected chi connectivity index (χ2v) is 5.26. The molecule has 0 saturated heterocycles. The summed E-state index contributed by atoms with van der Waals surface area (Å²) in [5.41, 5.74) is 1.01. The van der Waals surface area contributed by atoms with Crippen molar-refractivity contribution in [2.45, 2.75) is 11.2 Å². The van der Waals surface area contributed by atoms with E-state index in [1.807, 2.05) is 24.3 Å². The summed E-state index contributed by atoms with van der Waals surface area (Å²) in [5.74, 6) is -0.347. The third-order valence-electron chi connectivity index (χ3n) is 2.86. The largest absolute Gasteiger partial charge is 0.497 e. The highest BCUT2D eigenvalue weighted by atomic mass is 79.9. The van der Waals surface area contributed by atoms with Crippen LogP contribution in [-0.2, 0) is 6.42 Å². The first kappa shape index (κ1) is 14.0. The van der Waals surface area contributed by atoms with E-state index in [-0.39, 0.29) is 5.56 Å². The van der Waals surface area contributed by atoms with Gasteiger partial charge < -0.3 is 4.74 Å². The number of hydrogen-bond acceptors (Lipinski definition) is 1. The van der Waals surface area contributed by atoms with Crippen molar-refractivity contribution in [3.05, 3.63) is 65.2 Å². The number of methoxy groups -OCH3 is 1. The molecule has 1 nitrogen and oxygen atoms in total. The van der Waals surface area contributed by atoms with E-state index >= 15 is 0 Å². The second-order valence-electron chi connectivity index (χ2n) is 4.16. The van der Waals surface area contributed by atoms with Crippen LogP contribution in [0.25, 0.3) is 0 Å². The summed E-state index contributed by atoms with van der Waals surface area (Å²) in [6, 6.07) is 11.3. The van der Waals surface area contributed by atoms with Crippen LogP contribution in [0.2, 0.25) is 0 Å². The predicted molar refractivity (Wildman–Crippen MR) is 74.7 cm³/mol. The lowest BCUT2D eigenvalue weighted by molar-refractivity contribution is 0.414. The lowest BCUT2D eigenvalue weighted by Gasteiger charge is -2.13. The van der Waals surface area contributed by atoms with Gasteiger partial charge in [-0.1, -0.05) is 34.1 Å². The third-order valence-corrected chi connectivity index (χ3v) is 3.64. The molecule has 19 heavy (non-hydrogen) atoms. The maximum atomic E-state index is 13.7. The molecule has 0 saturated carbocycles. The molecule has 0 aliphatic heterocycles. The van der Waals surface area contributed by atoms with Crippen molar-refractivity contribution in [1.82, 2.24) is 0 Å². The molecular formula is C15H13BrF2O.